The van der Waals surface area contributed by atoms with Gasteiger partial charge in [-0.25, -0.2) is 4.79 Å². The Bertz CT molecular complexity index is 730. The second-order valence-corrected chi connectivity index (χ2v) is 5.87. The normalized spacial score (nSPS) is 10.7. The Morgan fingerprint density at radius 2 is 2.05 bits per heavy atom. The molecule has 0 spiro atoms. The van der Waals surface area contributed by atoms with E-state index in [-0.39, 0.29) is 12.6 Å². The number of carbonyl (C=O) groups excluding carboxylic acids is 1. The van der Waals surface area contributed by atoms with E-state index in [4.69, 9.17) is 10.5 Å². The van der Waals surface area contributed by atoms with Gasteiger partial charge in [0.05, 0.1) is 5.69 Å². The van der Waals surface area contributed by atoms with Crippen molar-refractivity contribution in [3.05, 3.63) is 51.5 Å². The highest BCUT2D eigenvalue weighted by atomic mass is 32.1. The molecule has 0 aliphatic heterocycles. The molecule has 19 heavy (non-hydrogen) atoms. The largest absolute Gasteiger partial charge is 0.457 e. The van der Waals surface area contributed by atoms with Crippen molar-refractivity contribution in [3.8, 4) is 0 Å². The van der Waals surface area contributed by atoms with Crippen LogP contribution in [-0.4, -0.2) is 5.97 Å². The maximum Gasteiger partial charge on any atom is 0.350 e. The number of nitrogen functional groups attached to an aromatic ring is 1. The number of benzene rings is 1. The first-order chi connectivity index (χ1) is 9.25. The molecule has 2 aromatic heterocycles. The van der Waals surface area contributed by atoms with Crippen molar-refractivity contribution >= 4 is 44.4 Å². The number of anilines is 1. The summed E-state index contributed by atoms with van der Waals surface area (Å²) in [6, 6.07) is 9.79. The number of hydrogen-bond donors (Lipinski definition) is 1. The molecule has 2 N–H and O–H groups in total. The zero-order chi connectivity index (χ0) is 13.2. The van der Waals surface area contributed by atoms with Crippen molar-refractivity contribution in [2.75, 3.05) is 5.73 Å². The van der Waals surface area contributed by atoms with Gasteiger partial charge in [0.25, 0.3) is 0 Å². The predicted molar refractivity (Wildman–Crippen MR) is 79.7 cm³/mol. The summed E-state index contributed by atoms with van der Waals surface area (Å²) in [6.45, 7) is 0.278. The lowest BCUT2D eigenvalue weighted by atomic mass is 10.2. The summed E-state index contributed by atoms with van der Waals surface area (Å²) >= 11 is 2.95. The molecule has 3 nitrogen and oxygen atoms in total. The first kappa shape index (κ1) is 12.2. The Morgan fingerprint density at radius 3 is 2.84 bits per heavy atom. The van der Waals surface area contributed by atoms with Crippen molar-refractivity contribution in [2.24, 2.45) is 0 Å². The number of carbonyl (C=O) groups is 1. The van der Waals surface area contributed by atoms with Crippen LogP contribution in [0.2, 0.25) is 0 Å². The third-order valence-electron chi connectivity index (χ3n) is 2.80. The molecule has 2 heterocycles. The quantitative estimate of drug-likeness (QED) is 0.744. The molecule has 0 atom stereocenters. The number of fused-ring (bicyclic) bond motifs is 1. The number of rotatable bonds is 3. The number of ether oxygens (including phenoxy) is 1. The molecule has 0 aliphatic carbocycles. The van der Waals surface area contributed by atoms with Gasteiger partial charge in [-0.1, -0.05) is 18.2 Å². The summed E-state index contributed by atoms with van der Waals surface area (Å²) in [5, 5.41) is 4.95. The molecule has 5 heteroatoms. The van der Waals surface area contributed by atoms with E-state index in [0.717, 1.165) is 10.9 Å². The molecule has 0 unspecified atom stereocenters. The van der Waals surface area contributed by atoms with Crippen molar-refractivity contribution in [1.29, 1.82) is 0 Å². The van der Waals surface area contributed by atoms with Gasteiger partial charge >= 0.3 is 5.97 Å². The Labute approximate surface area is 118 Å². The zero-order valence-corrected chi connectivity index (χ0v) is 11.6. The Kier molecular flexibility index (Phi) is 3.23. The molecular weight excluding hydrogens is 278 g/mol. The van der Waals surface area contributed by atoms with E-state index in [9.17, 15) is 4.79 Å². The standard InChI is InChI=1S/C14H11NO2S2/c15-11-5-6-18-13(11)14(16)17-7-9-8-19-12-4-2-1-3-10(9)12/h1-6,8H,7,15H2. The van der Waals surface area contributed by atoms with Gasteiger partial charge in [0.1, 0.15) is 11.5 Å². The van der Waals surface area contributed by atoms with Crippen molar-refractivity contribution < 1.29 is 9.53 Å². The van der Waals surface area contributed by atoms with Crippen LogP contribution in [0.4, 0.5) is 5.69 Å². The monoisotopic (exact) mass is 289 g/mol. The van der Waals surface area contributed by atoms with Gasteiger partial charge in [-0.2, -0.15) is 0 Å². The molecule has 96 valence electrons. The highest BCUT2D eigenvalue weighted by Gasteiger charge is 2.13. The summed E-state index contributed by atoms with van der Waals surface area (Å²) in [5.74, 6) is -0.359. The van der Waals surface area contributed by atoms with E-state index >= 15 is 0 Å². The van der Waals surface area contributed by atoms with Gasteiger partial charge in [0.2, 0.25) is 0 Å². The molecule has 0 saturated heterocycles. The third kappa shape index (κ3) is 2.34. The predicted octanol–water partition coefficient (Wildman–Crippen LogP) is 3.90. The van der Waals surface area contributed by atoms with Crippen LogP contribution in [0.1, 0.15) is 15.2 Å². The number of thiophene rings is 2. The lowest BCUT2D eigenvalue weighted by Crippen LogP contribution is -2.05. The summed E-state index contributed by atoms with van der Waals surface area (Å²) in [6.07, 6.45) is 0. The summed E-state index contributed by atoms with van der Waals surface area (Å²) < 4.78 is 6.52. The third-order valence-corrected chi connectivity index (χ3v) is 4.72. The van der Waals surface area contributed by atoms with E-state index in [2.05, 4.69) is 6.07 Å². The summed E-state index contributed by atoms with van der Waals surface area (Å²) in [5.41, 5.74) is 7.20. The number of nitrogens with two attached hydrogens (primary N) is 1. The Morgan fingerprint density at radius 1 is 1.21 bits per heavy atom. The maximum atomic E-state index is 11.9. The molecule has 0 saturated carbocycles. The van der Waals surface area contributed by atoms with Crippen LogP contribution in [0.5, 0.6) is 0 Å². The van der Waals surface area contributed by atoms with E-state index in [1.165, 1.54) is 16.0 Å². The average molecular weight is 289 g/mol. The van der Waals surface area contributed by atoms with Gasteiger partial charge < -0.3 is 10.5 Å². The van der Waals surface area contributed by atoms with Gasteiger partial charge in [-0.05, 0) is 28.3 Å². The lowest BCUT2D eigenvalue weighted by Gasteiger charge is -2.03. The Hall–Kier alpha value is -1.85. The first-order valence-corrected chi connectivity index (χ1v) is 7.47. The summed E-state index contributed by atoms with van der Waals surface area (Å²) in [4.78, 5) is 12.3. The van der Waals surface area contributed by atoms with Gasteiger partial charge in [0, 0.05) is 10.3 Å². The zero-order valence-electron chi connectivity index (χ0n) is 9.96. The minimum Gasteiger partial charge on any atom is -0.457 e. The minimum atomic E-state index is -0.359. The fraction of sp³-hybridized carbons (Fsp3) is 0.0714. The van der Waals surface area contributed by atoms with Gasteiger partial charge in [0.15, 0.2) is 0 Å². The van der Waals surface area contributed by atoms with Crippen LogP contribution in [0.15, 0.2) is 41.1 Å². The van der Waals surface area contributed by atoms with Crippen LogP contribution < -0.4 is 5.73 Å². The minimum absolute atomic E-state index is 0.278. The van der Waals surface area contributed by atoms with Crippen LogP contribution in [0.25, 0.3) is 10.1 Å². The fourth-order valence-electron chi connectivity index (χ4n) is 1.84. The highest BCUT2D eigenvalue weighted by molar-refractivity contribution is 7.17. The van der Waals surface area contributed by atoms with E-state index in [1.54, 1.807) is 22.8 Å². The van der Waals surface area contributed by atoms with Crippen molar-refractivity contribution in [3.63, 3.8) is 0 Å². The Balaban J connectivity index is 1.76. The highest BCUT2D eigenvalue weighted by Crippen LogP contribution is 2.27. The van der Waals surface area contributed by atoms with Crippen LogP contribution in [0, 0.1) is 0 Å². The molecule has 0 amide bonds. The number of esters is 1. The second-order valence-electron chi connectivity index (χ2n) is 4.04. The summed E-state index contributed by atoms with van der Waals surface area (Å²) in [7, 11) is 0. The molecule has 0 aliphatic rings. The topological polar surface area (TPSA) is 52.3 Å². The van der Waals surface area contributed by atoms with Gasteiger partial charge in [-0.15, -0.1) is 22.7 Å². The second kappa shape index (κ2) is 5.03. The van der Waals surface area contributed by atoms with E-state index < -0.39 is 0 Å². The molecule has 0 radical (unpaired) electrons. The maximum absolute atomic E-state index is 11.9. The molecule has 1 aromatic carbocycles. The van der Waals surface area contributed by atoms with Crippen LogP contribution >= 0.6 is 22.7 Å². The molecule has 3 rings (SSSR count). The number of hydrogen-bond acceptors (Lipinski definition) is 5. The smallest absolute Gasteiger partial charge is 0.350 e. The lowest BCUT2D eigenvalue weighted by molar-refractivity contribution is 0.0482. The molecule has 0 fully saturated rings. The average Bonchev–Trinajstić information content (AvgIpc) is 3.02. The van der Waals surface area contributed by atoms with Gasteiger partial charge in [-0.3, -0.25) is 0 Å². The van der Waals surface area contributed by atoms with Crippen molar-refractivity contribution in [1.82, 2.24) is 0 Å². The molecule has 0 bridgehead atoms. The van der Waals surface area contributed by atoms with E-state index in [1.807, 2.05) is 23.6 Å². The van der Waals surface area contributed by atoms with E-state index in [0.29, 0.717) is 10.6 Å². The molecule has 3 aromatic rings. The van der Waals surface area contributed by atoms with Crippen LogP contribution in [0.3, 0.4) is 0 Å². The van der Waals surface area contributed by atoms with Crippen LogP contribution in [-0.2, 0) is 11.3 Å². The SMILES string of the molecule is Nc1ccsc1C(=O)OCc1csc2ccccc12. The molecular formula is C14H11NO2S2. The first-order valence-electron chi connectivity index (χ1n) is 5.71. The fourth-order valence-corrected chi connectivity index (χ4v) is 3.50. The van der Waals surface area contributed by atoms with Crippen molar-refractivity contribution in [2.45, 2.75) is 6.61 Å².